The summed E-state index contributed by atoms with van der Waals surface area (Å²) in [5, 5.41) is 0. The predicted molar refractivity (Wildman–Crippen MR) is 89.9 cm³/mol. The zero-order valence-corrected chi connectivity index (χ0v) is 14.7. The number of nitrogens with zero attached hydrogens (tertiary/aromatic N) is 1. The number of benzene rings is 1. The Bertz CT molecular complexity index is 794. The van der Waals surface area contributed by atoms with Gasteiger partial charge in [-0.05, 0) is 81.0 Å². The minimum absolute atomic E-state index is 0.334. The van der Waals surface area contributed by atoms with Crippen molar-refractivity contribution in [2.24, 2.45) is 0 Å². The first-order chi connectivity index (χ1) is 10.1. The Morgan fingerprint density at radius 2 is 1.32 bits per heavy atom. The van der Waals surface area contributed by atoms with Crippen LogP contribution in [0.3, 0.4) is 0 Å². The van der Waals surface area contributed by atoms with Crippen molar-refractivity contribution in [2.75, 3.05) is 4.72 Å². The van der Waals surface area contributed by atoms with Crippen molar-refractivity contribution < 1.29 is 8.42 Å². The molecule has 0 spiro atoms. The van der Waals surface area contributed by atoms with E-state index in [1.165, 1.54) is 0 Å². The van der Waals surface area contributed by atoms with Gasteiger partial charge in [-0.3, -0.25) is 4.72 Å². The number of sulfonamides is 1. The van der Waals surface area contributed by atoms with Crippen LogP contribution in [0.1, 0.15) is 33.4 Å². The first kappa shape index (κ1) is 16.5. The van der Waals surface area contributed by atoms with Crippen LogP contribution in [0.5, 0.6) is 0 Å². The first-order valence-corrected chi connectivity index (χ1v) is 8.66. The van der Waals surface area contributed by atoms with E-state index in [1.807, 2.05) is 47.6 Å². The van der Waals surface area contributed by atoms with Gasteiger partial charge in [0.05, 0.1) is 4.90 Å². The summed E-state index contributed by atoms with van der Waals surface area (Å²) in [5.41, 5.74) is 5.74. The van der Waals surface area contributed by atoms with Gasteiger partial charge in [-0.2, -0.15) is 0 Å². The van der Waals surface area contributed by atoms with Gasteiger partial charge in [0.15, 0.2) is 0 Å². The average molecular weight is 318 g/mol. The number of aromatic nitrogens is 1. The van der Waals surface area contributed by atoms with E-state index >= 15 is 0 Å². The van der Waals surface area contributed by atoms with E-state index in [2.05, 4.69) is 9.71 Å². The summed E-state index contributed by atoms with van der Waals surface area (Å²) in [6, 6.07) is 3.50. The maximum atomic E-state index is 12.8. The normalized spacial score (nSPS) is 11.5. The van der Waals surface area contributed by atoms with E-state index in [0.717, 1.165) is 33.4 Å². The number of aryl methyl sites for hydroxylation is 1. The molecule has 0 atom stereocenters. The van der Waals surface area contributed by atoms with Gasteiger partial charge in [-0.25, -0.2) is 13.4 Å². The second-order valence-electron chi connectivity index (χ2n) is 5.78. The highest BCUT2D eigenvalue weighted by molar-refractivity contribution is 7.92. The van der Waals surface area contributed by atoms with E-state index in [0.29, 0.717) is 10.7 Å². The fourth-order valence-electron chi connectivity index (χ4n) is 2.59. The van der Waals surface area contributed by atoms with Crippen molar-refractivity contribution >= 4 is 15.8 Å². The standard InChI is InChI=1S/C17H22N2O2S/c1-10-7-8-16(18-9-10)19-22(20,21)17-14(5)12(3)11(2)13(4)15(17)6/h7-9H,1-6H3,(H,18,19). The third-order valence-electron chi connectivity index (χ3n) is 4.35. The molecular weight excluding hydrogens is 296 g/mol. The van der Waals surface area contributed by atoms with Crippen molar-refractivity contribution in [1.82, 2.24) is 4.98 Å². The molecule has 2 aromatic rings. The molecule has 1 aromatic carbocycles. The molecule has 0 amide bonds. The molecule has 1 N–H and O–H groups in total. The minimum atomic E-state index is -3.66. The second kappa shape index (κ2) is 5.72. The lowest BCUT2D eigenvalue weighted by Gasteiger charge is -2.19. The Morgan fingerprint density at radius 3 is 1.77 bits per heavy atom. The van der Waals surface area contributed by atoms with Crippen LogP contribution in [-0.2, 0) is 10.0 Å². The average Bonchev–Trinajstić information content (AvgIpc) is 2.45. The van der Waals surface area contributed by atoms with Crippen LogP contribution in [0.2, 0.25) is 0 Å². The largest absolute Gasteiger partial charge is 0.263 e. The molecule has 118 valence electrons. The molecule has 0 aliphatic carbocycles. The maximum absolute atomic E-state index is 12.8. The van der Waals surface area contributed by atoms with Gasteiger partial charge in [0.1, 0.15) is 5.82 Å². The van der Waals surface area contributed by atoms with Crippen LogP contribution >= 0.6 is 0 Å². The summed E-state index contributed by atoms with van der Waals surface area (Å²) in [5.74, 6) is 0.334. The molecule has 0 unspecified atom stereocenters. The molecule has 2 rings (SSSR count). The van der Waals surface area contributed by atoms with Crippen LogP contribution in [-0.4, -0.2) is 13.4 Å². The van der Waals surface area contributed by atoms with E-state index in [4.69, 9.17) is 0 Å². The van der Waals surface area contributed by atoms with Gasteiger partial charge in [-0.15, -0.1) is 0 Å². The lowest BCUT2D eigenvalue weighted by Crippen LogP contribution is -2.18. The third kappa shape index (κ3) is 2.86. The summed E-state index contributed by atoms with van der Waals surface area (Å²) in [6.07, 6.45) is 1.64. The van der Waals surface area contributed by atoms with Crippen molar-refractivity contribution in [2.45, 2.75) is 46.4 Å². The van der Waals surface area contributed by atoms with E-state index in [9.17, 15) is 8.42 Å². The Balaban J connectivity index is 2.57. The van der Waals surface area contributed by atoms with Crippen LogP contribution in [0, 0.1) is 41.5 Å². The van der Waals surface area contributed by atoms with Crippen molar-refractivity contribution in [1.29, 1.82) is 0 Å². The summed E-state index contributed by atoms with van der Waals surface area (Å²) in [7, 11) is -3.66. The molecular formula is C17H22N2O2S. The summed E-state index contributed by atoms with van der Waals surface area (Å²) >= 11 is 0. The topological polar surface area (TPSA) is 59.1 Å². The fourth-order valence-corrected chi connectivity index (χ4v) is 4.20. The number of pyridine rings is 1. The minimum Gasteiger partial charge on any atom is -0.263 e. The molecule has 0 radical (unpaired) electrons. The highest BCUT2D eigenvalue weighted by Crippen LogP contribution is 2.30. The number of nitrogens with one attached hydrogen (secondary N) is 1. The Labute approximate surface area is 132 Å². The third-order valence-corrected chi connectivity index (χ3v) is 5.98. The highest BCUT2D eigenvalue weighted by atomic mass is 32.2. The summed E-state index contributed by atoms with van der Waals surface area (Å²) in [4.78, 5) is 4.48. The summed E-state index contributed by atoms with van der Waals surface area (Å²) < 4.78 is 28.2. The lowest BCUT2D eigenvalue weighted by molar-refractivity contribution is 0.599. The molecule has 1 aromatic heterocycles. The Kier molecular flexibility index (Phi) is 4.29. The van der Waals surface area contributed by atoms with Gasteiger partial charge in [0.2, 0.25) is 0 Å². The molecule has 0 fully saturated rings. The van der Waals surface area contributed by atoms with Crippen molar-refractivity contribution in [3.05, 3.63) is 51.7 Å². The van der Waals surface area contributed by atoms with E-state index < -0.39 is 10.0 Å². The Hall–Kier alpha value is -1.88. The highest BCUT2D eigenvalue weighted by Gasteiger charge is 2.24. The monoisotopic (exact) mass is 318 g/mol. The Morgan fingerprint density at radius 1 is 0.818 bits per heavy atom. The van der Waals surface area contributed by atoms with E-state index in [-0.39, 0.29) is 0 Å². The number of hydrogen-bond donors (Lipinski definition) is 1. The van der Waals surface area contributed by atoms with Gasteiger partial charge >= 0.3 is 0 Å². The van der Waals surface area contributed by atoms with Gasteiger partial charge in [-0.1, -0.05) is 6.07 Å². The van der Waals surface area contributed by atoms with Crippen LogP contribution in [0.25, 0.3) is 0 Å². The SMILES string of the molecule is Cc1ccc(NS(=O)(=O)c2c(C)c(C)c(C)c(C)c2C)nc1. The van der Waals surface area contributed by atoms with Gasteiger partial charge in [0, 0.05) is 6.20 Å². The molecule has 0 saturated heterocycles. The molecule has 1 heterocycles. The predicted octanol–water partition coefficient (Wildman–Crippen LogP) is 3.73. The molecule has 4 nitrogen and oxygen atoms in total. The molecule has 5 heteroatoms. The fraction of sp³-hybridized carbons (Fsp3) is 0.353. The summed E-state index contributed by atoms with van der Waals surface area (Å²) in [6.45, 7) is 11.6. The first-order valence-electron chi connectivity index (χ1n) is 7.17. The van der Waals surface area contributed by atoms with Gasteiger partial charge < -0.3 is 0 Å². The number of rotatable bonds is 3. The molecule has 0 saturated carbocycles. The second-order valence-corrected chi connectivity index (χ2v) is 7.40. The number of anilines is 1. The van der Waals surface area contributed by atoms with Gasteiger partial charge in [0.25, 0.3) is 10.0 Å². The molecule has 22 heavy (non-hydrogen) atoms. The van der Waals surface area contributed by atoms with Crippen LogP contribution in [0.15, 0.2) is 23.2 Å². The van der Waals surface area contributed by atoms with Crippen LogP contribution in [0.4, 0.5) is 5.82 Å². The van der Waals surface area contributed by atoms with E-state index in [1.54, 1.807) is 12.3 Å². The van der Waals surface area contributed by atoms with Crippen LogP contribution < -0.4 is 4.72 Å². The molecule has 0 aliphatic heterocycles. The van der Waals surface area contributed by atoms with Crippen molar-refractivity contribution in [3.63, 3.8) is 0 Å². The smallest absolute Gasteiger partial charge is 0.263 e. The molecule has 0 bridgehead atoms. The zero-order valence-electron chi connectivity index (χ0n) is 13.9. The lowest BCUT2D eigenvalue weighted by atomic mass is 9.95. The van der Waals surface area contributed by atoms with Crippen molar-refractivity contribution in [3.8, 4) is 0 Å². The quantitative estimate of drug-likeness (QED) is 0.938. The number of hydrogen-bond acceptors (Lipinski definition) is 3. The molecule has 0 aliphatic rings. The zero-order chi connectivity index (χ0) is 16.7. The maximum Gasteiger partial charge on any atom is 0.263 e.